The number of methoxy groups -OCH3 is 1. The molecule has 2 rings (SSSR count). The van der Waals surface area contributed by atoms with E-state index in [1.807, 2.05) is 0 Å². The molecule has 0 radical (unpaired) electrons. The Kier molecular flexibility index (Phi) is 3.87. The molecule has 0 unspecified atom stereocenters. The number of ether oxygens (including phenoxy) is 1. The van der Waals surface area contributed by atoms with Crippen LogP contribution in [-0.2, 0) is 0 Å². The predicted molar refractivity (Wildman–Crippen MR) is 71.0 cm³/mol. The number of nitrogens with zero attached hydrogens (tertiary/aromatic N) is 2. The molecule has 1 aromatic carbocycles. The van der Waals surface area contributed by atoms with Crippen LogP contribution in [0.3, 0.4) is 0 Å². The Morgan fingerprint density at radius 1 is 1.37 bits per heavy atom. The molecule has 7 heteroatoms. The first-order chi connectivity index (χ1) is 9.04. The van der Waals surface area contributed by atoms with Gasteiger partial charge in [0.25, 0.3) is 0 Å². The van der Waals surface area contributed by atoms with Gasteiger partial charge in [-0.3, -0.25) is 0 Å². The fourth-order valence-electron chi connectivity index (χ4n) is 1.49. The number of carboxylic acids is 1. The van der Waals surface area contributed by atoms with Gasteiger partial charge >= 0.3 is 5.97 Å². The maximum Gasteiger partial charge on any atom is 0.356 e. The second-order valence-electron chi connectivity index (χ2n) is 3.52. The third kappa shape index (κ3) is 2.62. The zero-order valence-corrected chi connectivity index (χ0v) is 11.2. The van der Waals surface area contributed by atoms with Gasteiger partial charge in [-0.1, -0.05) is 35.3 Å². The highest BCUT2D eigenvalue weighted by Gasteiger charge is 2.17. The predicted octanol–water partition coefficient (Wildman–Crippen LogP) is 3.16. The Bertz CT molecular complexity index is 647. The fourth-order valence-corrected chi connectivity index (χ4v) is 1.88. The van der Waals surface area contributed by atoms with Crippen LogP contribution >= 0.6 is 23.2 Å². The summed E-state index contributed by atoms with van der Waals surface area (Å²) in [6.45, 7) is 0. The van der Waals surface area contributed by atoms with Crippen LogP contribution in [0, 0.1) is 0 Å². The lowest BCUT2D eigenvalue weighted by Gasteiger charge is -2.09. The van der Waals surface area contributed by atoms with E-state index in [2.05, 4.69) is 9.97 Å². The maximum atomic E-state index is 10.9. The smallest absolute Gasteiger partial charge is 0.356 e. The minimum atomic E-state index is -1.19. The summed E-state index contributed by atoms with van der Waals surface area (Å²) >= 11 is 12.0. The molecule has 19 heavy (non-hydrogen) atoms. The van der Waals surface area contributed by atoms with E-state index in [0.717, 1.165) is 6.20 Å². The molecule has 0 bridgehead atoms. The molecule has 2 aromatic rings. The summed E-state index contributed by atoms with van der Waals surface area (Å²) in [5.41, 5.74) is 0.489. The van der Waals surface area contributed by atoms with E-state index in [4.69, 9.17) is 33.0 Å². The van der Waals surface area contributed by atoms with Crippen LogP contribution in [0.2, 0.25) is 10.0 Å². The molecule has 1 N–H and O–H groups in total. The van der Waals surface area contributed by atoms with Gasteiger partial charge in [0.15, 0.2) is 5.69 Å². The van der Waals surface area contributed by atoms with Gasteiger partial charge in [0, 0.05) is 5.56 Å². The first kappa shape index (κ1) is 13.6. The highest BCUT2D eigenvalue weighted by Crippen LogP contribution is 2.35. The summed E-state index contributed by atoms with van der Waals surface area (Å²) < 4.78 is 5.06. The van der Waals surface area contributed by atoms with Gasteiger partial charge < -0.3 is 9.84 Å². The molecule has 1 heterocycles. The van der Waals surface area contributed by atoms with Crippen LogP contribution in [0.15, 0.2) is 24.4 Å². The van der Waals surface area contributed by atoms with Crippen LogP contribution < -0.4 is 4.74 Å². The largest absolute Gasteiger partial charge is 0.479 e. The Morgan fingerprint density at radius 2 is 2.11 bits per heavy atom. The average Bonchev–Trinajstić information content (AvgIpc) is 2.41. The first-order valence-corrected chi connectivity index (χ1v) is 5.89. The van der Waals surface area contributed by atoms with Crippen molar-refractivity contribution in [2.75, 3.05) is 7.11 Å². The second-order valence-corrected chi connectivity index (χ2v) is 4.30. The van der Waals surface area contributed by atoms with Crippen LogP contribution in [0.1, 0.15) is 10.5 Å². The minimum absolute atomic E-state index is 0.175. The van der Waals surface area contributed by atoms with E-state index in [9.17, 15) is 4.79 Å². The number of carbonyl (C=O) groups is 1. The molecule has 0 spiro atoms. The number of rotatable bonds is 3. The summed E-state index contributed by atoms with van der Waals surface area (Å²) in [7, 11) is 1.41. The Hall–Kier alpha value is -1.85. The molecular formula is C12H8Cl2N2O3. The van der Waals surface area contributed by atoms with Crippen molar-refractivity contribution in [1.82, 2.24) is 9.97 Å². The summed E-state index contributed by atoms with van der Waals surface area (Å²) in [6.07, 6.45) is 1.11. The first-order valence-electron chi connectivity index (χ1n) is 5.13. The quantitative estimate of drug-likeness (QED) is 0.942. The molecule has 0 fully saturated rings. The van der Waals surface area contributed by atoms with Crippen molar-refractivity contribution >= 4 is 29.2 Å². The van der Waals surface area contributed by atoms with E-state index in [0.29, 0.717) is 10.6 Å². The zero-order valence-electron chi connectivity index (χ0n) is 9.72. The number of hydrogen-bond donors (Lipinski definition) is 1. The van der Waals surface area contributed by atoms with Crippen molar-refractivity contribution in [1.29, 1.82) is 0 Å². The van der Waals surface area contributed by atoms with Gasteiger partial charge in [-0.2, -0.15) is 0 Å². The topological polar surface area (TPSA) is 72.3 Å². The number of carboxylic acid groups (broad SMARTS) is 1. The van der Waals surface area contributed by atoms with E-state index in [1.165, 1.54) is 7.11 Å². The SMILES string of the molecule is COc1ncc(C(=O)O)nc1-c1cccc(Cl)c1Cl. The summed E-state index contributed by atoms with van der Waals surface area (Å²) in [5.74, 6) is -1.01. The fraction of sp³-hybridized carbons (Fsp3) is 0.0833. The molecule has 0 aliphatic heterocycles. The van der Waals surface area contributed by atoms with E-state index >= 15 is 0 Å². The molecule has 0 atom stereocenters. The van der Waals surface area contributed by atoms with Crippen molar-refractivity contribution in [3.05, 3.63) is 40.1 Å². The molecule has 5 nitrogen and oxygen atoms in total. The minimum Gasteiger partial charge on any atom is -0.479 e. The molecular weight excluding hydrogens is 291 g/mol. The van der Waals surface area contributed by atoms with E-state index in [-0.39, 0.29) is 22.3 Å². The number of aromatic nitrogens is 2. The number of aromatic carboxylic acids is 1. The van der Waals surface area contributed by atoms with Gasteiger partial charge in [0.05, 0.1) is 23.4 Å². The molecule has 0 aliphatic rings. The Morgan fingerprint density at radius 3 is 2.74 bits per heavy atom. The zero-order chi connectivity index (χ0) is 14.0. The normalized spacial score (nSPS) is 10.3. The number of benzene rings is 1. The summed E-state index contributed by atoms with van der Waals surface area (Å²) in [4.78, 5) is 18.8. The van der Waals surface area contributed by atoms with Crippen LogP contribution in [-0.4, -0.2) is 28.2 Å². The second kappa shape index (κ2) is 5.42. The molecule has 1 aromatic heterocycles. The Balaban J connectivity index is 2.68. The molecule has 0 aliphatic carbocycles. The monoisotopic (exact) mass is 298 g/mol. The molecule has 0 amide bonds. The lowest BCUT2D eigenvalue weighted by molar-refractivity contribution is 0.0690. The van der Waals surface area contributed by atoms with Crippen molar-refractivity contribution in [3.8, 4) is 17.1 Å². The highest BCUT2D eigenvalue weighted by molar-refractivity contribution is 6.43. The van der Waals surface area contributed by atoms with Crippen LogP contribution in [0.5, 0.6) is 5.88 Å². The molecule has 0 saturated heterocycles. The number of halogens is 2. The van der Waals surface area contributed by atoms with Crippen molar-refractivity contribution < 1.29 is 14.6 Å². The van der Waals surface area contributed by atoms with Crippen LogP contribution in [0.4, 0.5) is 0 Å². The van der Waals surface area contributed by atoms with Crippen molar-refractivity contribution in [3.63, 3.8) is 0 Å². The van der Waals surface area contributed by atoms with Gasteiger partial charge in [0.2, 0.25) is 5.88 Å². The van der Waals surface area contributed by atoms with E-state index < -0.39 is 5.97 Å². The summed E-state index contributed by atoms with van der Waals surface area (Å²) in [6, 6.07) is 4.96. The highest BCUT2D eigenvalue weighted by atomic mass is 35.5. The Labute approximate surface area is 118 Å². The van der Waals surface area contributed by atoms with Crippen LogP contribution in [0.25, 0.3) is 11.3 Å². The summed E-state index contributed by atoms with van der Waals surface area (Å²) in [5, 5.41) is 9.54. The lowest BCUT2D eigenvalue weighted by atomic mass is 10.1. The van der Waals surface area contributed by atoms with Crippen molar-refractivity contribution in [2.24, 2.45) is 0 Å². The number of hydrogen-bond acceptors (Lipinski definition) is 4. The lowest BCUT2D eigenvalue weighted by Crippen LogP contribution is -2.04. The van der Waals surface area contributed by atoms with Gasteiger partial charge in [-0.15, -0.1) is 0 Å². The average molecular weight is 299 g/mol. The van der Waals surface area contributed by atoms with Crippen molar-refractivity contribution in [2.45, 2.75) is 0 Å². The van der Waals surface area contributed by atoms with E-state index in [1.54, 1.807) is 18.2 Å². The molecule has 98 valence electrons. The third-order valence-corrected chi connectivity index (χ3v) is 3.18. The van der Waals surface area contributed by atoms with Gasteiger partial charge in [0.1, 0.15) is 5.69 Å². The third-order valence-electron chi connectivity index (χ3n) is 2.36. The maximum absolute atomic E-state index is 10.9. The van der Waals surface area contributed by atoms with Gasteiger partial charge in [-0.05, 0) is 6.07 Å². The van der Waals surface area contributed by atoms with Gasteiger partial charge in [-0.25, -0.2) is 14.8 Å². The standard InChI is InChI=1S/C12H8Cl2N2O3/c1-19-11-10(16-8(5-15-11)12(17)18)6-3-2-4-7(13)9(6)14/h2-5H,1H3,(H,17,18). The molecule has 0 saturated carbocycles.